The minimum Gasteiger partial charge on any atom is -0.435 e. The van der Waals surface area contributed by atoms with Crippen molar-refractivity contribution in [3.8, 4) is 5.75 Å². The number of nitrogens with one attached hydrogen (secondary N) is 2. The predicted molar refractivity (Wildman–Crippen MR) is 131 cm³/mol. The lowest BCUT2D eigenvalue weighted by Gasteiger charge is -2.16. The number of aliphatic hydroxyl groups excluding tert-OH is 1. The van der Waals surface area contributed by atoms with Crippen molar-refractivity contribution in [2.24, 2.45) is 4.99 Å². The Bertz CT molecular complexity index is 862. The van der Waals surface area contributed by atoms with Crippen LogP contribution in [0.2, 0.25) is 0 Å². The van der Waals surface area contributed by atoms with Crippen LogP contribution in [0.3, 0.4) is 0 Å². The van der Waals surface area contributed by atoms with Crippen LogP contribution in [0.1, 0.15) is 34.5 Å². The Hall–Kier alpha value is -2.47. The normalized spacial score (nSPS) is 12.0. The fraction of sp³-hybridized carbons (Fsp3) is 0.364. The zero-order valence-electron chi connectivity index (χ0n) is 18.2. The summed E-state index contributed by atoms with van der Waals surface area (Å²) in [6.07, 6.45) is -0.860. The van der Waals surface area contributed by atoms with E-state index in [9.17, 15) is 18.7 Å². The summed E-state index contributed by atoms with van der Waals surface area (Å²) in [5, 5.41) is 16.5. The summed E-state index contributed by atoms with van der Waals surface area (Å²) in [4.78, 5) is 18.0. The standard InChI is InChI=1S/C22H28F2N4O3.HI/c1-4-25-22(26-13-15-5-7-17(8-6-15)20(30)28(2)3)27-14-19(29)16-9-11-18(12-10-16)31-21(23)24;/h5-12,19,21,29H,4,13-14H2,1-3H3,(H2,25,26,27);1H. The molecule has 0 radical (unpaired) electrons. The van der Waals surface area contributed by atoms with Gasteiger partial charge in [-0.15, -0.1) is 24.0 Å². The quantitative estimate of drug-likeness (QED) is 0.248. The number of aliphatic hydroxyl groups is 1. The molecule has 0 saturated heterocycles. The minimum absolute atomic E-state index is 0. The molecule has 0 bridgehead atoms. The summed E-state index contributed by atoms with van der Waals surface area (Å²) in [5.41, 5.74) is 2.10. The SMILES string of the molecule is CCNC(=NCc1ccc(C(=O)N(C)C)cc1)NCC(O)c1ccc(OC(F)F)cc1.I. The highest BCUT2D eigenvalue weighted by molar-refractivity contribution is 14.0. The van der Waals surface area contributed by atoms with Gasteiger partial charge in [0.15, 0.2) is 5.96 Å². The third-order valence-electron chi connectivity index (χ3n) is 4.32. The van der Waals surface area contributed by atoms with Crippen molar-refractivity contribution in [2.45, 2.75) is 26.2 Å². The zero-order valence-corrected chi connectivity index (χ0v) is 20.5. The van der Waals surface area contributed by atoms with E-state index >= 15 is 0 Å². The van der Waals surface area contributed by atoms with Crippen molar-refractivity contribution in [3.63, 3.8) is 0 Å². The number of carbonyl (C=O) groups excluding carboxylic acids is 1. The Morgan fingerprint density at radius 2 is 1.72 bits per heavy atom. The number of aliphatic imine (C=N–C) groups is 1. The van der Waals surface area contributed by atoms with Crippen LogP contribution in [0.4, 0.5) is 8.78 Å². The van der Waals surface area contributed by atoms with Crippen molar-refractivity contribution in [1.29, 1.82) is 0 Å². The molecule has 0 aromatic heterocycles. The average Bonchev–Trinajstić information content (AvgIpc) is 2.75. The van der Waals surface area contributed by atoms with Gasteiger partial charge in [0.2, 0.25) is 0 Å². The molecule has 32 heavy (non-hydrogen) atoms. The number of hydrogen-bond acceptors (Lipinski definition) is 4. The molecule has 0 spiro atoms. The highest BCUT2D eigenvalue weighted by Gasteiger charge is 2.11. The van der Waals surface area contributed by atoms with Gasteiger partial charge >= 0.3 is 6.61 Å². The number of ether oxygens (including phenoxy) is 1. The van der Waals surface area contributed by atoms with Gasteiger partial charge in [-0.3, -0.25) is 4.79 Å². The number of nitrogens with zero attached hydrogens (tertiary/aromatic N) is 2. The van der Waals surface area contributed by atoms with Gasteiger partial charge in [0.25, 0.3) is 5.91 Å². The lowest BCUT2D eigenvalue weighted by Crippen LogP contribution is -2.39. The molecule has 2 aromatic carbocycles. The van der Waals surface area contributed by atoms with Crippen molar-refractivity contribution >= 4 is 35.8 Å². The summed E-state index contributed by atoms with van der Waals surface area (Å²) in [7, 11) is 3.41. The monoisotopic (exact) mass is 562 g/mol. The first-order chi connectivity index (χ1) is 14.8. The first-order valence-corrected chi connectivity index (χ1v) is 9.85. The number of rotatable bonds is 9. The molecule has 0 saturated carbocycles. The fourth-order valence-corrected chi connectivity index (χ4v) is 2.71. The van der Waals surface area contributed by atoms with E-state index in [0.29, 0.717) is 30.2 Å². The first kappa shape index (κ1) is 27.6. The van der Waals surface area contributed by atoms with Crippen molar-refractivity contribution in [3.05, 3.63) is 65.2 Å². The molecule has 3 N–H and O–H groups in total. The van der Waals surface area contributed by atoms with E-state index in [0.717, 1.165) is 5.56 Å². The van der Waals surface area contributed by atoms with Crippen LogP contribution in [-0.2, 0) is 6.54 Å². The van der Waals surface area contributed by atoms with E-state index in [1.54, 1.807) is 26.2 Å². The van der Waals surface area contributed by atoms with Crippen LogP contribution in [0.25, 0.3) is 0 Å². The molecule has 0 fully saturated rings. The molecule has 0 aliphatic carbocycles. The van der Waals surface area contributed by atoms with Crippen molar-refractivity contribution in [2.75, 3.05) is 27.2 Å². The maximum Gasteiger partial charge on any atom is 0.387 e. The van der Waals surface area contributed by atoms with E-state index in [1.165, 1.54) is 29.2 Å². The van der Waals surface area contributed by atoms with Gasteiger partial charge in [-0.25, -0.2) is 4.99 Å². The average molecular weight is 562 g/mol. The second kappa shape index (κ2) is 13.8. The molecule has 1 atom stereocenters. The number of amides is 1. The molecule has 7 nitrogen and oxygen atoms in total. The van der Waals surface area contributed by atoms with Gasteiger partial charge in [0.05, 0.1) is 12.6 Å². The van der Waals surface area contributed by atoms with Gasteiger partial charge in [0, 0.05) is 32.7 Å². The topological polar surface area (TPSA) is 86.2 Å². The summed E-state index contributed by atoms with van der Waals surface area (Å²) >= 11 is 0. The van der Waals surface area contributed by atoms with Gasteiger partial charge in [-0.1, -0.05) is 24.3 Å². The van der Waals surface area contributed by atoms with Crippen LogP contribution >= 0.6 is 24.0 Å². The molecule has 0 aliphatic heterocycles. The summed E-state index contributed by atoms with van der Waals surface area (Å²) in [6, 6.07) is 13.1. The van der Waals surface area contributed by atoms with E-state index in [4.69, 9.17) is 0 Å². The number of carbonyl (C=O) groups is 1. The minimum atomic E-state index is -2.89. The second-order valence-corrected chi connectivity index (χ2v) is 6.94. The molecule has 0 aliphatic rings. The number of benzene rings is 2. The third kappa shape index (κ3) is 8.95. The molecule has 2 rings (SSSR count). The Labute approximate surface area is 203 Å². The number of hydrogen-bond donors (Lipinski definition) is 3. The van der Waals surface area contributed by atoms with Gasteiger partial charge in [-0.2, -0.15) is 8.78 Å². The zero-order chi connectivity index (χ0) is 22.8. The fourth-order valence-electron chi connectivity index (χ4n) is 2.71. The summed E-state index contributed by atoms with van der Waals surface area (Å²) in [6.45, 7) is 0.245. The van der Waals surface area contributed by atoms with E-state index in [1.807, 2.05) is 19.1 Å². The number of halogens is 3. The largest absolute Gasteiger partial charge is 0.435 e. The lowest BCUT2D eigenvalue weighted by atomic mass is 10.1. The highest BCUT2D eigenvalue weighted by atomic mass is 127. The Morgan fingerprint density at radius 1 is 1.09 bits per heavy atom. The summed E-state index contributed by atoms with van der Waals surface area (Å²) in [5.74, 6) is 0.493. The molecule has 1 amide bonds. The Balaban J connectivity index is 0.00000512. The van der Waals surface area contributed by atoms with Crippen LogP contribution in [0, 0.1) is 0 Å². The number of guanidine groups is 1. The molecule has 176 valence electrons. The van der Waals surface area contributed by atoms with Gasteiger partial charge < -0.3 is 25.4 Å². The van der Waals surface area contributed by atoms with Crippen LogP contribution in [-0.4, -0.2) is 55.7 Å². The maximum absolute atomic E-state index is 12.2. The van der Waals surface area contributed by atoms with E-state index in [-0.39, 0.29) is 42.2 Å². The smallest absolute Gasteiger partial charge is 0.387 e. The van der Waals surface area contributed by atoms with Crippen molar-refractivity contribution < 1.29 is 23.4 Å². The molecule has 2 aromatic rings. The predicted octanol–water partition coefficient (Wildman–Crippen LogP) is 3.40. The number of alkyl halides is 2. The van der Waals surface area contributed by atoms with Crippen molar-refractivity contribution in [1.82, 2.24) is 15.5 Å². The molecule has 0 heterocycles. The summed E-state index contributed by atoms with van der Waals surface area (Å²) < 4.78 is 28.8. The lowest BCUT2D eigenvalue weighted by molar-refractivity contribution is -0.0498. The van der Waals surface area contributed by atoms with Gasteiger partial charge in [-0.05, 0) is 42.3 Å². The molecular formula is C22H29F2IN4O3. The molecule has 10 heteroatoms. The second-order valence-electron chi connectivity index (χ2n) is 6.94. The highest BCUT2D eigenvalue weighted by Crippen LogP contribution is 2.19. The van der Waals surface area contributed by atoms with Crippen LogP contribution in [0.15, 0.2) is 53.5 Å². The maximum atomic E-state index is 12.2. The molecule has 1 unspecified atom stereocenters. The van der Waals surface area contributed by atoms with Crippen LogP contribution < -0.4 is 15.4 Å². The Morgan fingerprint density at radius 3 is 2.25 bits per heavy atom. The third-order valence-corrected chi connectivity index (χ3v) is 4.32. The first-order valence-electron chi connectivity index (χ1n) is 9.85. The van der Waals surface area contributed by atoms with Crippen LogP contribution in [0.5, 0.6) is 5.75 Å². The van der Waals surface area contributed by atoms with E-state index in [2.05, 4.69) is 20.4 Å². The van der Waals surface area contributed by atoms with Gasteiger partial charge in [0.1, 0.15) is 5.75 Å². The molecular weight excluding hydrogens is 533 g/mol. The Kier molecular flexibility index (Phi) is 11.9. The van der Waals surface area contributed by atoms with E-state index < -0.39 is 12.7 Å².